The molecule has 4 heteroatoms. The second kappa shape index (κ2) is 5.29. The summed E-state index contributed by atoms with van der Waals surface area (Å²) in [5.41, 5.74) is 5.73. The van der Waals surface area contributed by atoms with E-state index in [0.29, 0.717) is 0 Å². The lowest BCUT2D eigenvalue weighted by molar-refractivity contribution is -0.123. The Bertz CT molecular complexity index is 339. The number of hydrogen-bond acceptors (Lipinski definition) is 3. The van der Waals surface area contributed by atoms with E-state index in [0.717, 1.165) is 12.8 Å². The topological polar surface area (TPSA) is 67.2 Å². The van der Waals surface area contributed by atoms with Crippen LogP contribution in [0.3, 0.4) is 0 Å². The highest BCUT2D eigenvalue weighted by molar-refractivity contribution is 5.82. The Morgan fingerprint density at radius 3 is 2.39 bits per heavy atom. The third kappa shape index (κ3) is 4.32. The van der Waals surface area contributed by atoms with Gasteiger partial charge >= 0.3 is 0 Å². The first-order valence-corrected chi connectivity index (χ1v) is 6.44. The normalized spacial score (nSPS) is 24.0. The van der Waals surface area contributed by atoms with Gasteiger partial charge in [-0.3, -0.25) is 4.79 Å². The number of rotatable bonds is 3. The van der Waals surface area contributed by atoms with E-state index in [1.165, 1.54) is 0 Å². The second-order valence-corrected chi connectivity index (χ2v) is 6.52. The zero-order chi connectivity index (χ0) is 14.0. The minimum absolute atomic E-state index is 0.00983. The van der Waals surface area contributed by atoms with E-state index in [1.807, 2.05) is 0 Å². The minimum atomic E-state index is -0.601. The number of piperidine rings is 1. The van der Waals surface area contributed by atoms with Gasteiger partial charge in [0.1, 0.15) is 0 Å². The van der Waals surface area contributed by atoms with Crippen molar-refractivity contribution in [3.8, 4) is 12.3 Å². The van der Waals surface area contributed by atoms with Crippen LogP contribution in [0.4, 0.5) is 0 Å². The number of amides is 1. The molecule has 1 unspecified atom stereocenters. The van der Waals surface area contributed by atoms with Crippen LogP contribution in [0, 0.1) is 12.3 Å². The Kier molecular flexibility index (Phi) is 4.41. The van der Waals surface area contributed by atoms with Crippen LogP contribution in [0.15, 0.2) is 0 Å². The monoisotopic (exact) mass is 251 g/mol. The van der Waals surface area contributed by atoms with Crippen LogP contribution in [-0.2, 0) is 4.79 Å². The van der Waals surface area contributed by atoms with Crippen LogP contribution < -0.4 is 16.4 Å². The van der Waals surface area contributed by atoms with Crippen molar-refractivity contribution < 1.29 is 4.79 Å². The van der Waals surface area contributed by atoms with Crippen LogP contribution in [-0.4, -0.2) is 29.1 Å². The third-order valence-electron chi connectivity index (χ3n) is 3.21. The molecule has 102 valence electrons. The van der Waals surface area contributed by atoms with Gasteiger partial charge in [-0.2, -0.15) is 0 Å². The molecule has 0 aromatic heterocycles. The quantitative estimate of drug-likeness (QED) is 0.649. The largest absolute Gasteiger partial charge is 0.352 e. The standard InChI is InChI=1S/C14H25N3O/c1-6-7-11(15)12(18)16-10-8-13(2,3)17-14(4,5)9-10/h1,10-11,17H,7-9,15H2,2-5H3,(H,16,18). The molecule has 1 amide bonds. The summed E-state index contributed by atoms with van der Waals surface area (Å²) in [6, 6.07) is -0.455. The Hall–Kier alpha value is -1.05. The first kappa shape index (κ1) is 15.0. The van der Waals surface area contributed by atoms with Gasteiger partial charge in [-0.15, -0.1) is 12.3 Å². The molecule has 1 aliphatic heterocycles. The van der Waals surface area contributed by atoms with Gasteiger partial charge in [0.25, 0.3) is 0 Å². The summed E-state index contributed by atoms with van der Waals surface area (Å²) in [5.74, 6) is 2.27. The van der Waals surface area contributed by atoms with Crippen molar-refractivity contribution in [3.05, 3.63) is 0 Å². The molecule has 1 fully saturated rings. The molecular formula is C14H25N3O. The zero-order valence-electron chi connectivity index (χ0n) is 11.8. The maximum Gasteiger partial charge on any atom is 0.238 e. The molecule has 1 heterocycles. The Morgan fingerprint density at radius 1 is 1.44 bits per heavy atom. The smallest absolute Gasteiger partial charge is 0.238 e. The predicted octanol–water partition coefficient (Wildman–Crippen LogP) is 0.762. The molecule has 0 bridgehead atoms. The Labute approximate surface area is 110 Å². The van der Waals surface area contributed by atoms with Crippen LogP contribution in [0.25, 0.3) is 0 Å². The maximum atomic E-state index is 11.9. The van der Waals surface area contributed by atoms with E-state index < -0.39 is 6.04 Å². The third-order valence-corrected chi connectivity index (χ3v) is 3.21. The molecule has 1 aliphatic rings. The van der Waals surface area contributed by atoms with Gasteiger partial charge in [0.15, 0.2) is 0 Å². The van der Waals surface area contributed by atoms with Crippen LogP contribution in [0.1, 0.15) is 47.0 Å². The van der Waals surface area contributed by atoms with E-state index in [2.05, 4.69) is 44.2 Å². The molecule has 1 saturated heterocycles. The lowest BCUT2D eigenvalue weighted by atomic mass is 9.79. The van der Waals surface area contributed by atoms with Crippen molar-refractivity contribution in [2.24, 2.45) is 5.73 Å². The van der Waals surface area contributed by atoms with E-state index in [1.54, 1.807) is 0 Å². The van der Waals surface area contributed by atoms with Crippen molar-refractivity contribution >= 4 is 5.91 Å². The highest BCUT2D eigenvalue weighted by atomic mass is 16.2. The summed E-state index contributed by atoms with van der Waals surface area (Å²) < 4.78 is 0. The summed E-state index contributed by atoms with van der Waals surface area (Å²) in [7, 11) is 0. The molecular weight excluding hydrogens is 226 g/mol. The fourth-order valence-corrected chi connectivity index (χ4v) is 2.95. The molecule has 1 rings (SSSR count). The van der Waals surface area contributed by atoms with Gasteiger partial charge in [0.05, 0.1) is 6.04 Å². The van der Waals surface area contributed by atoms with Crippen molar-refractivity contribution in [2.45, 2.75) is 70.1 Å². The molecule has 0 spiro atoms. The Balaban J connectivity index is 2.62. The molecule has 0 aromatic carbocycles. The molecule has 4 nitrogen and oxygen atoms in total. The SMILES string of the molecule is C#CCC(N)C(=O)NC1CC(C)(C)NC(C)(C)C1. The molecule has 1 atom stereocenters. The highest BCUT2D eigenvalue weighted by Gasteiger charge is 2.38. The van der Waals surface area contributed by atoms with Gasteiger partial charge in [0.2, 0.25) is 5.91 Å². The lowest BCUT2D eigenvalue weighted by Crippen LogP contribution is -2.63. The number of nitrogens with two attached hydrogens (primary N) is 1. The summed E-state index contributed by atoms with van der Waals surface area (Å²) >= 11 is 0. The average molecular weight is 251 g/mol. The highest BCUT2D eigenvalue weighted by Crippen LogP contribution is 2.28. The number of terminal acetylenes is 1. The molecule has 0 saturated carbocycles. The van der Waals surface area contributed by atoms with Gasteiger partial charge in [-0.25, -0.2) is 0 Å². The van der Waals surface area contributed by atoms with Crippen molar-refractivity contribution in [3.63, 3.8) is 0 Å². The summed E-state index contributed by atoms with van der Waals surface area (Å²) in [5, 5.41) is 6.59. The van der Waals surface area contributed by atoms with Crippen molar-refractivity contribution in [1.29, 1.82) is 0 Å². The van der Waals surface area contributed by atoms with Crippen molar-refractivity contribution in [2.75, 3.05) is 0 Å². The van der Waals surface area contributed by atoms with Crippen LogP contribution >= 0.6 is 0 Å². The van der Waals surface area contributed by atoms with E-state index >= 15 is 0 Å². The fourth-order valence-electron chi connectivity index (χ4n) is 2.95. The molecule has 0 aliphatic carbocycles. The van der Waals surface area contributed by atoms with Crippen LogP contribution in [0.5, 0.6) is 0 Å². The average Bonchev–Trinajstić information content (AvgIpc) is 2.12. The Morgan fingerprint density at radius 2 is 1.94 bits per heavy atom. The maximum absolute atomic E-state index is 11.9. The second-order valence-electron chi connectivity index (χ2n) is 6.52. The van der Waals surface area contributed by atoms with Gasteiger partial charge in [-0.05, 0) is 40.5 Å². The first-order valence-electron chi connectivity index (χ1n) is 6.44. The zero-order valence-corrected chi connectivity index (χ0v) is 11.8. The van der Waals surface area contributed by atoms with Gasteiger partial charge < -0.3 is 16.4 Å². The number of hydrogen-bond donors (Lipinski definition) is 3. The first-order chi connectivity index (χ1) is 8.15. The van der Waals surface area contributed by atoms with E-state index in [4.69, 9.17) is 12.2 Å². The van der Waals surface area contributed by atoms with Crippen LogP contribution in [0.2, 0.25) is 0 Å². The summed E-state index contributed by atoms with van der Waals surface area (Å²) in [6.07, 6.45) is 7.24. The summed E-state index contributed by atoms with van der Waals surface area (Å²) in [4.78, 5) is 11.9. The van der Waals surface area contributed by atoms with Gasteiger partial charge in [0, 0.05) is 23.5 Å². The molecule has 4 N–H and O–H groups in total. The van der Waals surface area contributed by atoms with Crippen molar-refractivity contribution in [1.82, 2.24) is 10.6 Å². The van der Waals surface area contributed by atoms with Gasteiger partial charge in [-0.1, -0.05) is 0 Å². The fraction of sp³-hybridized carbons (Fsp3) is 0.786. The van der Waals surface area contributed by atoms with E-state index in [9.17, 15) is 4.79 Å². The molecule has 18 heavy (non-hydrogen) atoms. The molecule has 0 aromatic rings. The number of carbonyl (C=O) groups is 1. The predicted molar refractivity (Wildman–Crippen MR) is 73.9 cm³/mol. The molecule has 0 radical (unpaired) electrons. The van der Waals surface area contributed by atoms with E-state index in [-0.39, 0.29) is 29.4 Å². The summed E-state index contributed by atoms with van der Waals surface area (Å²) in [6.45, 7) is 8.59. The number of carbonyl (C=O) groups excluding carboxylic acids is 1. The number of nitrogens with one attached hydrogen (secondary N) is 2. The minimum Gasteiger partial charge on any atom is -0.352 e. The lowest BCUT2D eigenvalue weighted by Gasteiger charge is -2.46.